The normalized spacial score (nSPS) is 20.8. The minimum absolute atomic E-state index is 0.106. The standard InChI is InChI=1S/C17H26N2O2/c1-3-19(14(2)11-17(20)21)16-9-10-18(13-16)12-15-7-5-4-6-8-15/h4-8,14,16H,3,9-13H2,1-2H3,(H,20,21). The molecular weight excluding hydrogens is 264 g/mol. The summed E-state index contributed by atoms with van der Waals surface area (Å²) in [5.41, 5.74) is 1.35. The summed E-state index contributed by atoms with van der Waals surface area (Å²) in [5, 5.41) is 8.98. The lowest BCUT2D eigenvalue weighted by atomic mass is 10.1. The highest BCUT2D eigenvalue weighted by Crippen LogP contribution is 2.20. The van der Waals surface area contributed by atoms with E-state index >= 15 is 0 Å². The van der Waals surface area contributed by atoms with Gasteiger partial charge in [0.2, 0.25) is 0 Å². The number of aliphatic carboxylic acids is 1. The molecule has 4 nitrogen and oxygen atoms in total. The van der Waals surface area contributed by atoms with E-state index in [9.17, 15) is 4.79 Å². The van der Waals surface area contributed by atoms with Gasteiger partial charge in [-0.25, -0.2) is 0 Å². The van der Waals surface area contributed by atoms with Crippen LogP contribution in [0.15, 0.2) is 30.3 Å². The molecule has 1 aliphatic heterocycles. The predicted octanol–water partition coefficient (Wildman–Crippen LogP) is 2.45. The van der Waals surface area contributed by atoms with Crippen molar-refractivity contribution in [1.29, 1.82) is 0 Å². The van der Waals surface area contributed by atoms with Crippen molar-refractivity contribution in [3.05, 3.63) is 35.9 Å². The fraction of sp³-hybridized carbons (Fsp3) is 0.588. The SMILES string of the molecule is CCN(C(C)CC(=O)O)C1CCN(Cc2ccccc2)C1. The van der Waals surface area contributed by atoms with E-state index in [-0.39, 0.29) is 12.5 Å². The second-order valence-corrected chi connectivity index (χ2v) is 5.94. The largest absolute Gasteiger partial charge is 0.481 e. The topological polar surface area (TPSA) is 43.8 Å². The van der Waals surface area contributed by atoms with Gasteiger partial charge in [0.15, 0.2) is 0 Å². The van der Waals surface area contributed by atoms with Crippen LogP contribution < -0.4 is 0 Å². The number of likely N-dealkylation sites (tertiary alicyclic amines) is 1. The van der Waals surface area contributed by atoms with Crippen LogP contribution in [0.5, 0.6) is 0 Å². The van der Waals surface area contributed by atoms with Crippen molar-refractivity contribution in [3.63, 3.8) is 0 Å². The molecule has 0 bridgehead atoms. The highest BCUT2D eigenvalue weighted by molar-refractivity contribution is 5.67. The lowest BCUT2D eigenvalue weighted by molar-refractivity contribution is -0.138. The molecule has 0 saturated carbocycles. The van der Waals surface area contributed by atoms with Crippen molar-refractivity contribution >= 4 is 5.97 Å². The van der Waals surface area contributed by atoms with Gasteiger partial charge in [-0.3, -0.25) is 14.6 Å². The molecule has 1 aliphatic rings. The van der Waals surface area contributed by atoms with Gasteiger partial charge in [-0.05, 0) is 25.5 Å². The minimum Gasteiger partial charge on any atom is -0.481 e. The van der Waals surface area contributed by atoms with Crippen molar-refractivity contribution in [1.82, 2.24) is 9.80 Å². The van der Waals surface area contributed by atoms with Crippen molar-refractivity contribution in [2.24, 2.45) is 0 Å². The molecule has 0 spiro atoms. The maximum Gasteiger partial charge on any atom is 0.304 e. The first-order chi connectivity index (χ1) is 10.1. The second-order valence-electron chi connectivity index (χ2n) is 5.94. The van der Waals surface area contributed by atoms with E-state index in [2.05, 4.69) is 41.0 Å². The number of carboxylic acid groups (broad SMARTS) is 1. The first kappa shape index (κ1) is 16.0. The third-order valence-electron chi connectivity index (χ3n) is 4.37. The van der Waals surface area contributed by atoms with Crippen LogP contribution in [-0.4, -0.2) is 52.6 Å². The molecule has 2 atom stereocenters. The molecular formula is C17H26N2O2. The van der Waals surface area contributed by atoms with Crippen LogP contribution >= 0.6 is 0 Å². The van der Waals surface area contributed by atoms with E-state index < -0.39 is 5.97 Å². The molecule has 0 radical (unpaired) electrons. The van der Waals surface area contributed by atoms with Gasteiger partial charge in [0.25, 0.3) is 0 Å². The van der Waals surface area contributed by atoms with Crippen LogP contribution in [0.1, 0.15) is 32.3 Å². The molecule has 1 saturated heterocycles. The van der Waals surface area contributed by atoms with Crippen LogP contribution in [-0.2, 0) is 11.3 Å². The van der Waals surface area contributed by atoms with Gasteiger partial charge in [0.05, 0.1) is 6.42 Å². The van der Waals surface area contributed by atoms with Crippen LogP contribution in [0.4, 0.5) is 0 Å². The number of carboxylic acids is 1. The summed E-state index contributed by atoms with van der Waals surface area (Å²) >= 11 is 0. The Bertz CT molecular complexity index is 449. The molecule has 1 heterocycles. The van der Waals surface area contributed by atoms with Crippen LogP contribution in [0.25, 0.3) is 0 Å². The van der Waals surface area contributed by atoms with Crippen molar-refractivity contribution in [3.8, 4) is 0 Å². The predicted molar refractivity (Wildman–Crippen MR) is 84.2 cm³/mol. The molecule has 21 heavy (non-hydrogen) atoms. The maximum absolute atomic E-state index is 10.9. The van der Waals surface area contributed by atoms with Crippen LogP contribution in [0.3, 0.4) is 0 Å². The molecule has 116 valence electrons. The average molecular weight is 290 g/mol. The quantitative estimate of drug-likeness (QED) is 0.837. The van der Waals surface area contributed by atoms with Crippen molar-refractivity contribution < 1.29 is 9.90 Å². The summed E-state index contributed by atoms with van der Waals surface area (Å²) in [6.45, 7) is 8.18. The highest BCUT2D eigenvalue weighted by Gasteiger charge is 2.30. The monoisotopic (exact) mass is 290 g/mol. The molecule has 0 amide bonds. The summed E-state index contributed by atoms with van der Waals surface area (Å²) in [6.07, 6.45) is 1.35. The first-order valence-electron chi connectivity index (χ1n) is 7.84. The Morgan fingerprint density at radius 1 is 1.43 bits per heavy atom. The van der Waals surface area contributed by atoms with Gasteiger partial charge in [-0.1, -0.05) is 37.3 Å². The lowest BCUT2D eigenvalue weighted by Gasteiger charge is -2.32. The summed E-state index contributed by atoms with van der Waals surface area (Å²) in [4.78, 5) is 15.7. The number of likely N-dealkylation sites (N-methyl/N-ethyl adjacent to an activating group) is 1. The first-order valence-corrected chi connectivity index (χ1v) is 7.84. The van der Waals surface area contributed by atoms with Gasteiger partial charge in [-0.15, -0.1) is 0 Å². The van der Waals surface area contributed by atoms with Crippen molar-refractivity contribution in [2.75, 3.05) is 19.6 Å². The van der Waals surface area contributed by atoms with Gasteiger partial charge < -0.3 is 5.11 Å². The van der Waals surface area contributed by atoms with Gasteiger partial charge in [0.1, 0.15) is 0 Å². The van der Waals surface area contributed by atoms with Crippen molar-refractivity contribution in [2.45, 2.75) is 45.3 Å². The average Bonchev–Trinajstić information content (AvgIpc) is 2.88. The number of hydrogen-bond donors (Lipinski definition) is 1. The van der Waals surface area contributed by atoms with E-state index in [0.29, 0.717) is 6.04 Å². The molecule has 1 fully saturated rings. The number of carbonyl (C=O) groups is 1. The Morgan fingerprint density at radius 2 is 2.14 bits per heavy atom. The Balaban J connectivity index is 1.89. The Morgan fingerprint density at radius 3 is 2.76 bits per heavy atom. The highest BCUT2D eigenvalue weighted by atomic mass is 16.4. The molecule has 4 heteroatoms. The molecule has 1 aromatic rings. The minimum atomic E-state index is -0.708. The number of rotatable bonds is 7. The molecule has 0 aromatic heterocycles. The van der Waals surface area contributed by atoms with E-state index in [0.717, 1.165) is 32.6 Å². The molecule has 2 rings (SSSR count). The smallest absolute Gasteiger partial charge is 0.304 e. The fourth-order valence-corrected chi connectivity index (χ4v) is 3.37. The second kappa shape index (κ2) is 7.57. The third kappa shape index (κ3) is 4.55. The summed E-state index contributed by atoms with van der Waals surface area (Å²) < 4.78 is 0. The Labute approximate surface area is 127 Å². The van der Waals surface area contributed by atoms with Gasteiger partial charge >= 0.3 is 5.97 Å². The zero-order valence-corrected chi connectivity index (χ0v) is 13.0. The van der Waals surface area contributed by atoms with Crippen LogP contribution in [0.2, 0.25) is 0 Å². The summed E-state index contributed by atoms with van der Waals surface area (Å²) in [5.74, 6) is -0.708. The van der Waals surface area contributed by atoms with Gasteiger partial charge in [0, 0.05) is 31.7 Å². The Hall–Kier alpha value is -1.39. The fourth-order valence-electron chi connectivity index (χ4n) is 3.37. The number of hydrogen-bond acceptors (Lipinski definition) is 3. The van der Waals surface area contributed by atoms with Crippen LogP contribution in [0, 0.1) is 0 Å². The number of nitrogens with zero attached hydrogens (tertiary/aromatic N) is 2. The van der Waals surface area contributed by atoms with Gasteiger partial charge in [-0.2, -0.15) is 0 Å². The zero-order chi connectivity index (χ0) is 15.2. The number of benzene rings is 1. The summed E-state index contributed by atoms with van der Waals surface area (Å²) in [7, 11) is 0. The zero-order valence-electron chi connectivity index (χ0n) is 13.0. The third-order valence-corrected chi connectivity index (χ3v) is 4.37. The van der Waals surface area contributed by atoms with E-state index in [1.807, 2.05) is 13.0 Å². The summed E-state index contributed by atoms with van der Waals surface area (Å²) in [6, 6.07) is 11.1. The van der Waals surface area contributed by atoms with E-state index in [1.54, 1.807) is 0 Å². The van der Waals surface area contributed by atoms with E-state index in [1.165, 1.54) is 5.56 Å². The molecule has 0 aliphatic carbocycles. The Kier molecular flexibility index (Phi) is 5.76. The van der Waals surface area contributed by atoms with E-state index in [4.69, 9.17) is 5.11 Å². The maximum atomic E-state index is 10.9. The molecule has 2 unspecified atom stereocenters. The molecule has 1 N–H and O–H groups in total. The molecule has 1 aromatic carbocycles. The lowest BCUT2D eigenvalue weighted by Crippen LogP contribution is -2.44.